The topological polar surface area (TPSA) is 102 Å². The van der Waals surface area contributed by atoms with Crippen LogP contribution in [0.5, 0.6) is 11.5 Å². The number of halogens is 1. The van der Waals surface area contributed by atoms with E-state index < -0.39 is 33.8 Å². The molecule has 0 N–H and O–H groups in total. The first-order chi connectivity index (χ1) is 16.3. The van der Waals surface area contributed by atoms with Crippen LogP contribution in [0, 0.1) is 11.7 Å². The van der Waals surface area contributed by atoms with Crippen molar-refractivity contribution in [2.45, 2.75) is 23.8 Å². The summed E-state index contributed by atoms with van der Waals surface area (Å²) in [7, 11) is -1.57. The number of hydrogen-bond acceptors (Lipinski definition) is 7. The van der Waals surface area contributed by atoms with Gasteiger partial charge in [0.1, 0.15) is 22.2 Å². The van der Waals surface area contributed by atoms with Crippen LogP contribution in [0.15, 0.2) is 47.4 Å². The smallest absolute Gasteiger partial charge is 0.348 e. The SMILES string of the molecule is COC(=O)[C@H]1CN(C(=O)[C@@H]2CCCN(S(=O)(=O)c3cc(F)ccc3OC)C2)c2ccccc2O1. The number of piperidine rings is 1. The molecule has 4 rings (SSSR count). The van der Waals surface area contributed by atoms with Crippen molar-refractivity contribution in [3.8, 4) is 11.5 Å². The summed E-state index contributed by atoms with van der Waals surface area (Å²) in [5.41, 5.74) is 0.499. The van der Waals surface area contributed by atoms with Crippen LogP contribution in [-0.4, -0.2) is 64.6 Å². The molecule has 182 valence electrons. The highest BCUT2D eigenvalue weighted by atomic mass is 32.2. The zero-order valence-electron chi connectivity index (χ0n) is 18.8. The van der Waals surface area contributed by atoms with Crippen LogP contribution < -0.4 is 14.4 Å². The molecule has 2 aromatic rings. The lowest BCUT2D eigenvalue weighted by Gasteiger charge is -2.38. The van der Waals surface area contributed by atoms with E-state index in [-0.39, 0.29) is 36.2 Å². The second-order valence-corrected chi connectivity index (χ2v) is 9.95. The highest BCUT2D eigenvalue weighted by molar-refractivity contribution is 7.89. The maximum atomic E-state index is 13.9. The van der Waals surface area contributed by atoms with Gasteiger partial charge in [-0.1, -0.05) is 12.1 Å². The van der Waals surface area contributed by atoms with Crippen LogP contribution in [0.3, 0.4) is 0 Å². The van der Waals surface area contributed by atoms with Crippen LogP contribution in [-0.2, 0) is 24.3 Å². The minimum absolute atomic E-state index is 0.0258. The van der Waals surface area contributed by atoms with E-state index in [9.17, 15) is 22.4 Å². The quantitative estimate of drug-likeness (QED) is 0.590. The number of anilines is 1. The Bertz CT molecular complexity index is 1200. The van der Waals surface area contributed by atoms with E-state index in [1.807, 2.05) is 0 Å². The number of para-hydroxylation sites is 2. The molecule has 0 bridgehead atoms. The Balaban J connectivity index is 1.60. The van der Waals surface area contributed by atoms with Gasteiger partial charge < -0.3 is 19.1 Å². The van der Waals surface area contributed by atoms with Gasteiger partial charge in [0, 0.05) is 13.1 Å². The van der Waals surface area contributed by atoms with Gasteiger partial charge in [-0.25, -0.2) is 17.6 Å². The summed E-state index contributed by atoms with van der Waals surface area (Å²) in [6, 6.07) is 10.1. The summed E-state index contributed by atoms with van der Waals surface area (Å²) in [5, 5.41) is 0. The monoisotopic (exact) mass is 492 g/mol. The van der Waals surface area contributed by atoms with Gasteiger partial charge in [-0.15, -0.1) is 0 Å². The molecule has 2 aromatic carbocycles. The van der Waals surface area contributed by atoms with E-state index in [0.29, 0.717) is 24.3 Å². The van der Waals surface area contributed by atoms with Gasteiger partial charge in [0.15, 0.2) is 0 Å². The Morgan fingerprint density at radius 3 is 2.62 bits per heavy atom. The summed E-state index contributed by atoms with van der Waals surface area (Å²) in [5.74, 6) is -1.91. The van der Waals surface area contributed by atoms with Gasteiger partial charge in [0.25, 0.3) is 0 Å². The van der Waals surface area contributed by atoms with Crippen molar-refractivity contribution in [2.24, 2.45) is 5.92 Å². The minimum atomic E-state index is -4.11. The number of rotatable bonds is 5. The standard InChI is InChI=1S/C23H25FN2O7S/c1-31-19-10-9-16(24)12-21(19)34(29,30)25-11-5-6-15(13-25)22(27)26-14-20(23(28)32-2)33-18-8-4-3-7-17(18)26/h3-4,7-10,12,15,20H,5-6,11,13-14H2,1-2H3/t15-,20-/m1/s1. The van der Waals surface area contributed by atoms with E-state index in [2.05, 4.69) is 0 Å². The Morgan fingerprint density at radius 2 is 1.88 bits per heavy atom. The third-order valence-corrected chi connectivity index (χ3v) is 7.87. The maximum Gasteiger partial charge on any atom is 0.348 e. The van der Waals surface area contributed by atoms with E-state index in [1.165, 1.54) is 29.5 Å². The largest absolute Gasteiger partial charge is 0.495 e. The average molecular weight is 493 g/mol. The number of esters is 1. The number of nitrogens with zero attached hydrogens (tertiary/aromatic N) is 2. The maximum absolute atomic E-state index is 13.9. The molecule has 11 heteroatoms. The van der Waals surface area contributed by atoms with Crippen LogP contribution in [0.2, 0.25) is 0 Å². The van der Waals surface area contributed by atoms with Gasteiger partial charge in [0.05, 0.1) is 32.4 Å². The van der Waals surface area contributed by atoms with E-state index in [0.717, 1.165) is 12.1 Å². The Morgan fingerprint density at radius 1 is 1.12 bits per heavy atom. The zero-order chi connectivity index (χ0) is 24.5. The Hall–Kier alpha value is -3.18. The summed E-state index contributed by atoms with van der Waals surface area (Å²) in [6.45, 7) is 0.0585. The van der Waals surface area contributed by atoms with Crippen molar-refractivity contribution in [2.75, 3.05) is 38.8 Å². The highest BCUT2D eigenvalue weighted by Gasteiger charge is 2.40. The molecular formula is C23H25FN2O7S. The number of sulfonamides is 1. The number of carbonyl (C=O) groups excluding carboxylic acids is 2. The molecule has 1 saturated heterocycles. The number of benzene rings is 2. The molecule has 0 spiro atoms. The molecule has 2 aliphatic rings. The average Bonchev–Trinajstić information content (AvgIpc) is 2.87. The lowest BCUT2D eigenvalue weighted by Crippen LogP contribution is -2.52. The molecule has 2 atom stereocenters. The summed E-state index contributed by atoms with van der Waals surface area (Å²) >= 11 is 0. The molecule has 2 heterocycles. The molecule has 0 aliphatic carbocycles. The van der Waals surface area contributed by atoms with E-state index in [4.69, 9.17) is 14.2 Å². The Labute approximate surface area is 197 Å². The van der Waals surface area contributed by atoms with Crippen LogP contribution in [0.25, 0.3) is 0 Å². The number of carbonyl (C=O) groups is 2. The summed E-state index contributed by atoms with van der Waals surface area (Å²) in [6.07, 6.45) is -0.0865. The molecule has 1 fully saturated rings. The molecule has 9 nitrogen and oxygen atoms in total. The van der Waals surface area contributed by atoms with Crippen molar-refractivity contribution in [3.63, 3.8) is 0 Å². The fourth-order valence-corrected chi connectivity index (χ4v) is 5.96. The normalized spacial score (nSPS) is 20.7. The number of fused-ring (bicyclic) bond motifs is 1. The number of methoxy groups -OCH3 is 2. The van der Waals surface area contributed by atoms with Gasteiger partial charge in [-0.2, -0.15) is 4.31 Å². The van der Waals surface area contributed by atoms with Gasteiger partial charge in [-0.05, 0) is 43.2 Å². The fourth-order valence-electron chi connectivity index (χ4n) is 4.27. The number of hydrogen-bond donors (Lipinski definition) is 0. The van der Waals surface area contributed by atoms with Gasteiger partial charge in [-0.3, -0.25) is 4.79 Å². The number of ether oxygens (including phenoxy) is 3. The third-order valence-electron chi connectivity index (χ3n) is 5.98. The second kappa shape index (κ2) is 9.59. The first-order valence-corrected chi connectivity index (χ1v) is 12.2. The van der Waals surface area contributed by atoms with Crippen molar-refractivity contribution >= 4 is 27.6 Å². The third kappa shape index (κ3) is 4.45. The lowest BCUT2D eigenvalue weighted by atomic mass is 9.97. The molecule has 1 amide bonds. The fraction of sp³-hybridized carbons (Fsp3) is 0.391. The lowest BCUT2D eigenvalue weighted by molar-refractivity contribution is -0.148. The molecule has 34 heavy (non-hydrogen) atoms. The highest BCUT2D eigenvalue weighted by Crippen LogP contribution is 2.36. The zero-order valence-corrected chi connectivity index (χ0v) is 19.6. The number of amides is 1. The van der Waals surface area contributed by atoms with Gasteiger partial charge in [0.2, 0.25) is 22.0 Å². The van der Waals surface area contributed by atoms with Crippen molar-refractivity contribution in [1.82, 2.24) is 4.31 Å². The van der Waals surface area contributed by atoms with Crippen molar-refractivity contribution in [3.05, 3.63) is 48.3 Å². The van der Waals surface area contributed by atoms with Crippen molar-refractivity contribution in [1.29, 1.82) is 0 Å². The first-order valence-electron chi connectivity index (χ1n) is 10.7. The van der Waals surface area contributed by atoms with E-state index in [1.54, 1.807) is 24.3 Å². The summed E-state index contributed by atoms with van der Waals surface area (Å²) in [4.78, 5) is 26.9. The van der Waals surface area contributed by atoms with Crippen molar-refractivity contribution < 1.29 is 36.6 Å². The molecule has 0 unspecified atom stereocenters. The molecule has 0 radical (unpaired) electrons. The summed E-state index contributed by atoms with van der Waals surface area (Å²) < 4.78 is 57.3. The molecule has 2 aliphatic heterocycles. The Kier molecular flexibility index (Phi) is 6.76. The predicted octanol–water partition coefficient (Wildman–Crippen LogP) is 2.20. The minimum Gasteiger partial charge on any atom is -0.495 e. The molecular weight excluding hydrogens is 467 g/mol. The van der Waals surface area contributed by atoms with Crippen LogP contribution >= 0.6 is 0 Å². The van der Waals surface area contributed by atoms with Crippen LogP contribution in [0.1, 0.15) is 12.8 Å². The molecule has 0 aromatic heterocycles. The first kappa shape index (κ1) is 24.0. The van der Waals surface area contributed by atoms with Crippen LogP contribution in [0.4, 0.5) is 10.1 Å². The van der Waals surface area contributed by atoms with E-state index >= 15 is 0 Å². The predicted molar refractivity (Wildman–Crippen MR) is 120 cm³/mol. The second-order valence-electron chi connectivity index (χ2n) is 8.04. The molecule has 0 saturated carbocycles. The van der Waals surface area contributed by atoms with Gasteiger partial charge >= 0.3 is 5.97 Å².